The van der Waals surface area contributed by atoms with Gasteiger partial charge in [0, 0.05) is 11.6 Å². The number of halogens is 1. The third-order valence-corrected chi connectivity index (χ3v) is 5.60. The molecular weight excluding hydrogens is 302 g/mol. The normalized spacial score (nSPS) is 22.0. The monoisotopic (exact) mass is 315 g/mol. The molecule has 0 spiro atoms. The molecule has 20 heavy (non-hydrogen) atoms. The van der Waals surface area contributed by atoms with Crippen LogP contribution in [0.25, 0.3) is 5.78 Å². The molecule has 2 aromatic rings. The molecule has 1 saturated heterocycles. The number of nitrogens with zero attached hydrogens (tertiary/aromatic N) is 4. The highest BCUT2D eigenvalue weighted by Gasteiger charge is 2.26. The van der Waals surface area contributed by atoms with Crippen molar-refractivity contribution in [3.8, 4) is 0 Å². The lowest BCUT2D eigenvalue weighted by Crippen LogP contribution is -2.35. The van der Waals surface area contributed by atoms with Crippen LogP contribution in [0.3, 0.4) is 0 Å². The zero-order valence-corrected chi connectivity index (χ0v) is 12.4. The van der Waals surface area contributed by atoms with Gasteiger partial charge in [-0.2, -0.15) is 19.6 Å². The zero-order valence-electron chi connectivity index (χ0n) is 10.9. The predicted molar refractivity (Wildman–Crippen MR) is 75.8 cm³/mol. The van der Waals surface area contributed by atoms with E-state index >= 15 is 0 Å². The zero-order chi connectivity index (χ0) is 14.3. The molecule has 1 aliphatic heterocycles. The molecule has 0 saturated carbocycles. The van der Waals surface area contributed by atoms with Gasteiger partial charge in [-0.3, -0.25) is 0 Å². The largest absolute Gasteiger partial charge is 0.366 e. The third-order valence-electron chi connectivity index (χ3n) is 3.41. The van der Waals surface area contributed by atoms with Gasteiger partial charge in [0.15, 0.2) is 9.84 Å². The Morgan fingerprint density at radius 2 is 2.30 bits per heavy atom. The molecule has 1 aliphatic rings. The van der Waals surface area contributed by atoms with Crippen molar-refractivity contribution in [2.24, 2.45) is 0 Å². The van der Waals surface area contributed by atoms with E-state index in [1.165, 1.54) is 6.33 Å². The van der Waals surface area contributed by atoms with Gasteiger partial charge in [-0.15, -0.1) is 0 Å². The average molecular weight is 316 g/mol. The smallest absolute Gasteiger partial charge is 0.255 e. The Morgan fingerprint density at radius 3 is 3.05 bits per heavy atom. The summed E-state index contributed by atoms with van der Waals surface area (Å²) in [5.74, 6) is 1.43. The van der Waals surface area contributed by atoms with Crippen molar-refractivity contribution >= 4 is 33.0 Å². The molecule has 7 nitrogen and oxygen atoms in total. The van der Waals surface area contributed by atoms with Crippen molar-refractivity contribution in [3.05, 3.63) is 17.0 Å². The van der Waals surface area contributed by atoms with Gasteiger partial charge in [0.05, 0.1) is 11.5 Å². The molecule has 9 heteroatoms. The summed E-state index contributed by atoms with van der Waals surface area (Å²) in [7, 11) is -2.97. The van der Waals surface area contributed by atoms with E-state index in [4.69, 9.17) is 11.6 Å². The van der Waals surface area contributed by atoms with Crippen LogP contribution in [-0.2, 0) is 9.84 Å². The number of nitrogens with one attached hydrogen (secondary N) is 1. The number of sulfone groups is 1. The summed E-state index contributed by atoms with van der Waals surface area (Å²) < 4.78 is 25.0. The van der Waals surface area contributed by atoms with E-state index in [0.29, 0.717) is 23.2 Å². The summed E-state index contributed by atoms with van der Waals surface area (Å²) in [5.41, 5.74) is 0.729. The first kappa shape index (κ1) is 13.6. The second-order valence-corrected chi connectivity index (χ2v) is 7.53. The molecule has 0 amide bonds. The Morgan fingerprint density at radius 1 is 1.50 bits per heavy atom. The Bertz CT molecular complexity index is 758. The van der Waals surface area contributed by atoms with Crippen LogP contribution in [0.5, 0.6) is 0 Å². The van der Waals surface area contributed by atoms with Crippen LogP contribution >= 0.6 is 11.6 Å². The summed E-state index contributed by atoms with van der Waals surface area (Å²) in [4.78, 5) is 8.12. The highest BCUT2D eigenvalue weighted by molar-refractivity contribution is 7.91. The molecule has 0 radical (unpaired) electrons. The maximum absolute atomic E-state index is 11.7. The fraction of sp³-hybridized carbons (Fsp3) is 0.545. The quantitative estimate of drug-likeness (QED) is 0.834. The maximum atomic E-state index is 11.7. The van der Waals surface area contributed by atoms with E-state index in [1.807, 2.05) is 6.92 Å². The number of fused-ring (bicyclic) bond motifs is 1. The number of hydrogen-bond donors (Lipinski definition) is 1. The van der Waals surface area contributed by atoms with Gasteiger partial charge in [0.1, 0.15) is 17.3 Å². The Hall–Kier alpha value is -1.41. The molecule has 0 aliphatic carbocycles. The molecule has 0 bridgehead atoms. The lowest BCUT2D eigenvalue weighted by atomic mass is 10.2. The second kappa shape index (κ2) is 4.85. The van der Waals surface area contributed by atoms with Gasteiger partial charge in [-0.1, -0.05) is 11.6 Å². The van der Waals surface area contributed by atoms with Crippen molar-refractivity contribution in [1.29, 1.82) is 0 Å². The molecule has 108 valence electrons. The standard InChI is InChI=1S/C11H14ClN5O2S/c1-7-9(12)16-11-13-6-14-17(11)10(7)15-8-3-2-4-20(18,19)5-8/h6,8,15H,2-5H2,1H3. The third kappa shape index (κ3) is 2.45. The fourth-order valence-electron chi connectivity index (χ4n) is 2.40. The fourth-order valence-corrected chi connectivity index (χ4v) is 4.20. The first-order valence-electron chi connectivity index (χ1n) is 6.29. The summed E-state index contributed by atoms with van der Waals surface area (Å²) in [6.07, 6.45) is 2.86. The second-order valence-electron chi connectivity index (χ2n) is 4.95. The summed E-state index contributed by atoms with van der Waals surface area (Å²) >= 11 is 6.07. The number of rotatable bonds is 2. The minimum Gasteiger partial charge on any atom is -0.366 e. The number of hydrogen-bond acceptors (Lipinski definition) is 6. The number of anilines is 1. The summed E-state index contributed by atoms with van der Waals surface area (Å²) in [6, 6.07) is -0.140. The van der Waals surface area contributed by atoms with Crippen molar-refractivity contribution < 1.29 is 8.42 Å². The lowest BCUT2D eigenvalue weighted by Gasteiger charge is -2.24. The van der Waals surface area contributed by atoms with Gasteiger partial charge in [0.2, 0.25) is 0 Å². The Balaban J connectivity index is 1.98. The van der Waals surface area contributed by atoms with Crippen LogP contribution in [-0.4, -0.2) is 45.5 Å². The molecular formula is C11H14ClN5O2S. The molecule has 0 aromatic carbocycles. The highest BCUT2D eigenvalue weighted by atomic mass is 35.5. The minimum absolute atomic E-state index is 0.128. The Kier molecular flexibility index (Phi) is 3.29. The molecule has 3 heterocycles. The molecule has 2 aromatic heterocycles. The van der Waals surface area contributed by atoms with Crippen LogP contribution in [0.4, 0.5) is 5.82 Å². The highest BCUT2D eigenvalue weighted by Crippen LogP contribution is 2.24. The molecule has 1 fully saturated rings. The molecule has 1 unspecified atom stereocenters. The van der Waals surface area contributed by atoms with Gasteiger partial charge in [0.25, 0.3) is 5.78 Å². The lowest BCUT2D eigenvalue weighted by molar-refractivity contribution is 0.561. The average Bonchev–Trinajstić information content (AvgIpc) is 2.81. The van der Waals surface area contributed by atoms with Gasteiger partial charge in [-0.05, 0) is 19.8 Å². The maximum Gasteiger partial charge on any atom is 0.255 e. The van der Waals surface area contributed by atoms with E-state index in [1.54, 1.807) is 4.52 Å². The van der Waals surface area contributed by atoms with Gasteiger partial charge >= 0.3 is 0 Å². The van der Waals surface area contributed by atoms with Crippen LogP contribution in [0.1, 0.15) is 18.4 Å². The van der Waals surface area contributed by atoms with Gasteiger partial charge < -0.3 is 5.32 Å². The first-order valence-corrected chi connectivity index (χ1v) is 8.49. The van der Waals surface area contributed by atoms with E-state index < -0.39 is 9.84 Å². The summed E-state index contributed by atoms with van der Waals surface area (Å²) in [6.45, 7) is 1.82. The molecule has 1 atom stereocenters. The van der Waals surface area contributed by atoms with E-state index in [0.717, 1.165) is 12.0 Å². The SMILES string of the molecule is Cc1c(Cl)nc2ncnn2c1NC1CCCS(=O)(=O)C1. The topological polar surface area (TPSA) is 89.2 Å². The molecule has 1 N–H and O–H groups in total. The van der Waals surface area contributed by atoms with Crippen molar-refractivity contribution in [2.45, 2.75) is 25.8 Å². The number of aromatic nitrogens is 4. The summed E-state index contributed by atoms with van der Waals surface area (Å²) in [5, 5.41) is 7.67. The van der Waals surface area contributed by atoms with Crippen LogP contribution < -0.4 is 5.32 Å². The van der Waals surface area contributed by atoms with E-state index in [9.17, 15) is 8.42 Å². The minimum atomic E-state index is -2.97. The van der Waals surface area contributed by atoms with Gasteiger partial charge in [-0.25, -0.2) is 8.42 Å². The van der Waals surface area contributed by atoms with Crippen LogP contribution in [0.15, 0.2) is 6.33 Å². The Labute approximate surface area is 121 Å². The predicted octanol–water partition coefficient (Wildman–Crippen LogP) is 1.08. The first-order chi connectivity index (χ1) is 9.46. The van der Waals surface area contributed by atoms with Crippen LogP contribution in [0.2, 0.25) is 5.15 Å². The van der Waals surface area contributed by atoms with Crippen molar-refractivity contribution in [1.82, 2.24) is 19.6 Å². The van der Waals surface area contributed by atoms with Crippen LogP contribution in [0, 0.1) is 6.92 Å². The van der Waals surface area contributed by atoms with E-state index in [-0.39, 0.29) is 17.5 Å². The van der Waals surface area contributed by atoms with E-state index in [2.05, 4.69) is 20.4 Å². The molecule has 3 rings (SSSR count). The van der Waals surface area contributed by atoms with Crippen molar-refractivity contribution in [2.75, 3.05) is 16.8 Å². The van der Waals surface area contributed by atoms with Crippen molar-refractivity contribution in [3.63, 3.8) is 0 Å².